The van der Waals surface area contributed by atoms with Gasteiger partial charge in [0.1, 0.15) is 17.9 Å². The van der Waals surface area contributed by atoms with Gasteiger partial charge in [0.05, 0.1) is 19.3 Å². The standard InChI is InChI=1S/C13H18N2O6/c1-8-3-4-10(13(14-8)15(17)18)21-11-7-9(16)12(11)20-6-5-19-2/h3-4,9,11-12,16H,5-7H2,1-2H3. The number of aliphatic hydroxyl groups is 1. The van der Waals surface area contributed by atoms with Crippen molar-refractivity contribution >= 4 is 5.82 Å². The van der Waals surface area contributed by atoms with Crippen LogP contribution in [0.15, 0.2) is 12.1 Å². The van der Waals surface area contributed by atoms with Crippen molar-refractivity contribution in [3.05, 3.63) is 27.9 Å². The van der Waals surface area contributed by atoms with Crippen LogP contribution in [0.1, 0.15) is 12.1 Å². The Morgan fingerprint density at radius 3 is 2.86 bits per heavy atom. The van der Waals surface area contributed by atoms with Crippen LogP contribution in [0.5, 0.6) is 5.75 Å². The molecule has 0 aliphatic heterocycles. The molecule has 0 saturated heterocycles. The monoisotopic (exact) mass is 298 g/mol. The maximum atomic E-state index is 11.0. The first-order valence-electron chi connectivity index (χ1n) is 6.60. The van der Waals surface area contributed by atoms with Gasteiger partial charge in [-0.1, -0.05) is 0 Å². The lowest BCUT2D eigenvalue weighted by molar-refractivity contribution is -0.391. The number of aryl methyl sites for hydroxylation is 1. The van der Waals surface area contributed by atoms with E-state index in [9.17, 15) is 15.2 Å². The summed E-state index contributed by atoms with van der Waals surface area (Å²) >= 11 is 0. The van der Waals surface area contributed by atoms with Crippen molar-refractivity contribution in [2.24, 2.45) is 0 Å². The van der Waals surface area contributed by atoms with Crippen molar-refractivity contribution in [3.8, 4) is 5.75 Å². The normalized spacial score (nSPS) is 24.4. The van der Waals surface area contributed by atoms with Crippen LogP contribution in [0.3, 0.4) is 0 Å². The predicted molar refractivity (Wildman–Crippen MR) is 72.3 cm³/mol. The lowest BCUT2D eigenvalue weighted by Gasteiger charge is -2.40. The van der Waals surface area contributed by atoms with Gasteiger partial charge >= 0.3 is 5.82 Å². The van der Waals surface area contributed by atoms with Crippen LogP contribution < -0.4 is 4.74 Å². The number of aromatic nitrogens is 1. The molecule has 3 unspecified atom stereocenters. The number of pyridine rings is 1. The van der Waals surface area contributed by atoms with Gasteiger partial charge in [0.25, 0.3) is 0 Å². The number of ether oxygens (including phenoxy) is 3. The van der Waals surface area contributed by atoms with Crippen molar-refractivity contribution in [2.75, 3.05) is 20.3 Å². The van der Waals surface area contributed by atoms with E-state index in [0.29, 0.717) is 25.3 Å². The Balaban J connectivity index is 2.03. The third kappa shape index (κ3) is 3.66. The molecular formula is C13H18N2O6. The zero-order valence-corrected chi connectivity index (χ0v) is 11.9. The molecule has 0 bridgehead atoms. The number of nitro groups is 1. The first-order valence-corrected chi connectivity index (χ1v) is 6.60. The molecule has 0 spiro atoms. The predicted octanol–water partition coefficient (Wildman–Crippen LogP) is 0.842. The second-order valence-corrected chi connectivity index (χ2v) is 4.82. The van der Waals surface area contributed by atoms with Crippen molar-refractivity contribution in [1.29, 1.82) is 0 Å². The Hall–Kier alpha value is -1.77. The molecular weight excluding hydrogens is 280 g/mol. The lowest BCUT2D eigenvalue weighted by Crippen LogP contribution is -2.55. The average Bonchev–Trinajstić information content (AvgIpc) is 2.44. The zero-order chi connectivity index (χ0) is 15.4. The molecule has 2 rings (SSSR count). The molecule has 0 radical (unpaired) electrons. The van der Waals surface area contributed by atoms with Crippen molar-refractivity contribution in [3.63, 3.8) is 0 Å². The number of nitrogens with zero attached hydrogens (tertiary/aromatic N) is 2. The molecule has 21 heavy (non-hydrogen) atoms. The minimum absolute atomic E-state index is 0.0860. The van der Waals surface area contributed by atoms with E-state index < -0.39 is 23.2 Å². The van der Waals surface area contributed by atoms with E-state index in [0.717, 1.165) is 0 Å². The summed E-state index contributed by atoms with van der Waals surface area (Å²) in [4.78, 5) is 14.3. The highest BCUT2D eigenvalue weighted by molar-refractivity contribution is 5.40. The topological polar surface area (TPSA) is 104 Å². The Labute approximate surface area is 121 Å². The van der Waals surface area contributed by atoms with Gasteiger partial charge in [0.2, 0.25) is 5.75 Å². The third-order valence-corrected chi connectivity index (χ3v) is 3.25. The Bertz CT molecular complexity index is 509. The highest BCUT2D eigenvalue weighted by Gasteiger charge is 2.43. The van der Waals surface area contributed by atoms with Crippen LogP contribution in [-0.2, 0) is 9.47 Å². The maximum Gasteiger partial charge on any atom is 0.406 e. The summed E-state index contributed by atoms with van der Waals surface area (Å²) in [7, 11) is 1.55. The Morgan fingerprint density at radius 2 is 2.24 bits per heavy atom. The quantitative estimate of drug-likeness (QED) is 0.452. The smallest absolute Gasteiger partial charge is 0.406 e. The van der Waals surface area contributed by atoms with Gasteiger partial charge in [0, 0.05) is 20.5 Å². The molecule has 116 valence electrons. The number of aliphatic hydroxyl groups excluding tert-OH is 1. The molecule has 3 atom stereocenters. The third-order valence-electron chi connectivity index (χ3n) is 3.25. The molecule has 8 nitrogen and oxygen atoms in total. The van der Waals surface area contributed by atoms with Gasteiger partial charge in [-0.2, -0.15) is 0 Å². The van der Waals surface area contributed by atoms with Gasteiger partial charge < -0.3 is 29.4 Å². The van der Waals surface area contributed by atoms with Gasteiger partial charge in [-0.15, -0.1) is 0 Å². The molecule has 8 heteroatoms. The summed E-state index contributed by atoms with van der Waals surface area (Å²) in [6, 6.07) is 3.15. The highest BCUT2D eigenvalue weighted by Crippen LogP contribution is 2.32. The van der Waals surface area contributed by atoms with E-state index in [1.165, 1.54) is 6.07 Å². The van der Waals surface area contributed by atoms with E-state index in [1.54, 1.807) is 20.1 Å². The van der Waals surface area contributed by atoms with Crippen LogP contribution in [0.2, 0.25) is 0 Å². The molecule has 0 amide bonds. The zero-order valence-electron chi connectivity index (χ0n) is 11.9. The summed E-state index contributed by atoms with van der Waals surface area (Å²) in [6.45, 7) is 2.40. The van der Waals surface area contributed by atoms with Crippen molar-refractivity contribution in [1.82, 2.24) is 4.98 Å². The first-order chi connectivity index (χ1) is 10.0. The number of hydrogen-bond acceptors (Lipinski definition) is 7. The summed E-state index contributed by atoms with van der Waals surface area (Å²) in [5.41, 5.74) is 0.538. The SMILES string of the molecule is COCCOC1C(O)CC1Oc1ccc(C)nc1[N+](=O)[O-]. The van der Waals surface area contributed by atoms with Crippen LogP contribution in [0.25, 0.3) is 0 Å². The van der Waals surface area contributed by atoms with E-state index in [1.807, 2.05) is 0 Å². The van der Waals surface area contributed by atoms with E-state index >= 15 is 0 Å². The second-order valence-electron chi connectivity index (χ2n) is 4.82. The molecule has 1 aromatic rings. The largest absolute Gasteiger partial charge is 0.479 e. The van der Waals surface area contributed by atoms with E-state index in [-0.39, 0.29) is 11.6 Å². The number of hydrogen-bond donors (Lipinski definition) is 1. The summed E-state index contributed by atoms with van der Waals surface area (Å²) in [5, 5.41) is 20.7. The highest BCUT2D eigenvalue weighted by atomic mass is 16.6. The molecule has 1 heterocycles. The Morgan fingerprint density at radius 1 is 1.48 bits per heavy atom. The molecule has 1 saturated carbocycles. The molecule has 1 aromatic heterocycles. The molecule has 1 aliphatic carbocycles. The minimum atomic E-state index is -0.635. The number of rotatable bonds is 7. The summed E-state index contributed by atoms with van der Waals surface area (Å²) in [5.74, 6) is -0.241. The van der Waals surface area contributed by atoms with Gasteiger partial charge in [0.15, 0.2) is 0 Å². The van der Waals surface area contributed by atoms with Gasteiger partial charge in [-0.25, -0.2) is 0 Å². The van der Waals surface area contributed by atoms with Crippen LogP contribution in [-0.4, -0.2) is 53.6 Å². The van der Waals surface area contributed by atoms with Gasteiger partial charge in [-0.05, 0) is 22.0 Å². The Kier molecular flexibility index (Phi) is 5.05. The minimum Gasteiger partial charge on any atom is -0.479 e. The van der Waals surface area contributed by atoms with Gasteiger partial charge in [-0.3, -0.25) is 0 Å². The van der Waals surface area contributed by atoms with Crippen molar-refractivity contribution in [2.45, 2.75) is 31.7 Å². The van der Waals surface area contributed by atoms with Crippen LogP contribution in [0, 0.1) is 17.0 Å². The lowest BCUT2D eigenvalue weighted by atomic mass is 9.88. The average molecular weight is 298 g/mol. The number of methoxy groups -OCH3 is 1. The summed E-state index contributed by atoms with van der Waals surface area (Å²) in [6.07, 6.45) is -1.21. The van der Waals surface area contributed by atoms with E-state index in [2.05, 4.69) is 4.98 Å². The van der Waals surface area contributed by atoms with Crippen molar-refractivity contribution < 1.29 is 24.2 Å². The molecule has 1 fully saturated rings. The maximum absolute atomic E-state index is 11.0. The molecule has 1 aliphatic rings. The van der Waals surface area contributed by atoms with Crippen LogP contribution >= 0.6 is 0 Å². The van der Waals surface area contributed by atoms with Crippen LogP contribution in [0.4, 0.5) is 5.82 Å². The first kappa shape index (κ1) is 15.6. The fourth-order valence-electron chi connectivity index (χ4n) is 2.08. The van der Waals surface area contributed by atoms with E-state index in [4.69, 9.17) is 14.2 Å². The fraction of sp³-hybridized carbons (Fsp3) is 0.615. The second kappa shape index (κ2) is 6.79. The molecule has 0 aromatic carbocycles. The summed E-state index contributed by atoms with van der Waals surface area (Å²) < 4.78 is 15.9. The molecule has 1 N–H and O–H groups in total. The fourth-order valence-corrected chi connectivity index (χ4v) is 2.08.